The van der Waals surface area contributed by atoms with E-state index in [1.165, 1.54) is 154 Å². The average Bonchev–Trinajstić information content (AvgIpc) is 3.26. The Bertz CT molecular complexity index is 1000. The van der Waals surface area contributed by atoms with E-state index in [0.29, 0.717) is 13.0 Å². The number of hydrogen-bond donors (Lipinski definition) is 2. The van der Waals surface area contributed by atoms with E-state index in [1.54, 1.807) is 0 Å². The first-order valence-electron chi connectivity index (χ1n) is 28.7. The molecule has 0 unspecified atom stereocenters. The number of ether oxygens (including phenoxy) is 1. The minimum Gasteiger partial charge on any atom is -0.462 e. The highest BCUT2D eigenvalue weighted by Gasteiger charge is 2.30. The number of nitrogens with zero attached hydrogens (tertiary/aromatic N) is 1. The normalized spacial score (nSPS) is 12.3. The lowest BCUT2D eigenvalue weighted by Crippen LogP contribution is -2.43. The molecule has 65 heavy (non-hydrogen) atoms. The van der Waals surface area contributed by atoms with Gasteiger partial charge in [0.25, 0.3) is 0 Å². The van der Waals surface area contributed by atoms with Gasteiger partial charge in [0.2, 0.25) is 11.8 Å². The van der Waals surface area contributed by atoms with Crippen molar-refractivity contribution in [3.63, 3.8) is 0 Å². The zero-order valence-corrected chi connectivity index (χ0v) is 45.6. The van der Waals surface area contributed by atoms with Gasteiger partial charge in [0.15, 0.2) is 0 Å². The van der Waals surface area contributed by atoms with Crippen molar-refractivity contribution in [3.8, 4) is 0 Å². The van der Waals surface area contributed by atoms with Gasteiger partial charge in [-0.2, -0.15) is 0 Å². The number of nitrogens with one attached hydrogen (secondary N) is 2. The maximum atomic E-state index is 13.7. The molecular weight excluding hydrogens is 803 g/mol. The smallest absolute Gasteiger partial charge is 0.307 e. The average molecular weight is 919 g/mol. The van der Waals surface area contributed by atoms with Crippen molar-refractivity contribution >= 4 is 17.8 Å². The second-order valence-corrected chi connectivity index (χ2v) is 22.2. The van der Waals surface area contributed by atoms with Gasteiger partial charge in [0.1, 0.15) is 6.10 Å². The van der Waals surface area contributed by atoms with Gasteiger partial charge in [0.05, 0.1) is 6.42 Å². The molecule has 7 nitrogen and oxygen atoms in total. The Morgan fingerprint density at radius 3 is 1.00 bits per heavy atom. The van der Waals surface area contributed by atoms with E-state index in [4.69, 9.17) is 4.74 Å². The first-order chi connectivity index (χ1) is 31.2. The van der Waals surface area contributed by atoms with E-state index in [-0.39, 0.29) is 36.0 Å². The summed E-state index contributed by atoms with van der Waals surface area (Å²) < 4.78 is 6.10. The molecule has 2 N–H and O–H groups in total. The predicted octanol–water partition coefficient (Wildman–Crippen LogP) is 16.8. The molecule has 0 aliphatic rings. The summed E-state index contributed by atoms with van der Waals surface area (Å²) in [4.78, 5) is 42.3. The summed E-state index contributed by atoms with van der Waals surface area (Å²) in [6, 6.07) is 0.578. The second-order valence-electron chi connectivity index (χ2n) is 22.2. The number of hydrogen-bond acceptors (Lipinski definition) is 5. The molecule has 0 aromatic heterocycles. The van der Waals surface area contributed by atoms with Gasteiger partial charge in [0, 0.05) is 29.5 Å². The molecule has 0 saturated carbocycles. The lowest BCUT2D eigenvalue weighted by atomic mass is 9.84. The Morgan fingerprint density at radius 1 is 0.415 bits per heavy atom. The van der Waals surface area contributed by atoms with E-state index in [1.807, 2.05) is 19.0 Å². The molecule has 0 heterocycles. The van der Waals surface area contributed by atoms with Crippen LogP contribution >= 0.6 is 0 Å². The molecule has 0 atom stereocenters. The van der Waals surface area contributed by atoms with Crippen molar-refractivity contribution in [2.24, 2.45) is 10.8 Å². The summed E-state index contributed by atoms with van der Waals surface area (Å²) in [5.74, 6) is 0.329. The molecule has 0 rings (SSSR count). The zero-order chi connectivity index (χ0) is 48.4. The fraction of sp³-hybridized carbons (Fsp3) is 0.948. The fourth-order valence-electron chi connectivity index (χ4n) is 9.30. The first kappa shape index (κ1) is 63.4. The predicted molar refractivity (Wildman–Crippen MR) is 283 cm³/mol. The monoisotopic (exact) mass is 918 g/mol. The molecule has 0 radical (unpaired) electrons. The Labute approximate surface area is 406 Å². The van der Waals surface area contributed by atoms with Crippen LogP contribution in [0.15, 0.2) is 0 Å². The Kier molecular flexibility index (Phi) is 41.4. The number of amides is 2. The number of carbonyl (C=O) groups is 3. The van der Waals surface area contributed by atoms with E-state index in [9.17, 15) is 14.4 Å². The number of unbranched alkanes of at least 4 members (excludes halogenated alkanes) is 24. The van der Waals surface area contributed by atoms with Gasteiger partial charge >= 0.3 is 5.97 Å². The van der Waals surface area contributed by atoms with Crippen LogP contribution in [0.2, 0.25) is 0 Å². The van der Waals surface area contributed by atoms with Gasteiger partial charge in [-0.15, -0.1) is 0 Å². The summed E-state index contributed by atoms with van der Waals surface area (Å²) in [7, 11) is 3.98. The molecule has 0 bridgehead atoms. The van der Waals surface area contributed by atoms with Gasteiger partial charge in [-0.1, -0.05) is 235 Å². The van der Waals surface area contributed by atoms with Crippen molar-refractivity contribution in [1.29, 1.82) is 0 Å². The molecular formula is C58H115N3O4. The Hall–Kier alpha value is -1.63. The van der Waals surface area contributed by atoms with Crippen molar-refractivity contribution in [1.82, 2.24) is 15.5 Å². The van der Waals surface area contributed by atoms with Gasteiger partial charge < -0.3 is 20.3 Å². The summed E-state index contributed by atoms with van der Waals surface area (Å²) in [5.41, 5.74) is -0.794. The fourth-order valence-corrected chi connectivity index (χ4v) is 9.30. The van der Waals surface area contributed by atoms with Crippen LogP contribution in [-0.2, 0) is 19.1 Å². The molecule has 7 heteroatoms. The van der Waals surface area contributed by atoms with Crippen LogP contribution in [0.1, 0.15) is 306 Å². The summed E-state index contributed by atoms with van der Waals surface area (Å²) >= 11 is 0. The van der Waals surface area contributed by atoms with E-state index in [2.05, 4.69) is 66.0 Å². The largest absolute Gasteiger partial charge is 0.462 e. The number of carbonyl (C=O) groups excluding carboxylic acids is 3. The Morgan fingerprint density at radius 2 is 0.692 bits per heavy atom. The maximum Gasteiger partial charge on any atom is 0.307 e. The summed E-state index contributed by atoms with van der Waals surface area (Å²) in [6.07, 6.45) is 45.2. The molecule has 0 spiro atoms. The zero-order valence-electron chi connectivity index (χ0n) is 45.6. The van der Waals surface area contributed by atoms with Crippen molar-refractivity contribution in [3.05, 3.63) is 0 Å². The summed E-state index contributed by atoms with van der Waals surface area (Å²) in [6.45, 7) is 18.3. The van der Waals surface area contributed by atoms with E-state index >= 15 is 0 Å². The SMILES string of the molecule is CCCCCCCCC(CCCCCCCC)NC(=O)C(C)(C)CCCCCC(CCCCCC(C)(C)C(=O)NC(CCCCCCCC)CCCCCCCC)OC(=O)CCN(C)C. The molecule has 0 saturated heterocycles. The highest BCUT2D eigenvalue weighted by Crippen LogP contribution is 2.28. The van der Waals surface area contributed by atoms with Crippen molar-refractivity contribution < 1.29 is 19.1 Å². The first-order valence-corrected chi connectivity index (χ1v) is 28.7. The van der Waals surface area contributed by atoms with Crippen LogP contribution < -0.4 is 10.6 Å². The highest BCUT2D eigenvalue weighted by molar-refractivity contribution is 5.82. The van der Waals surface area contributed by atoms with E-state index in [0.717, 1.165) is 89.9 Å². The molecule has 0 aliphatic carbocycles. The van der Waals surface area contributed by atoms with E-state index < -0.39 is 10.8 Å². The number of esters is 1. The molecule has 0 fully saturated rings. The number of rotatable bonds is 48. The van der Waals surface area contributed by atoms with Crippen LogP contribution in [0, 0.1) is 10.8 Å². The molecule has 0 aromatic carbocycles. The van der Waals surface area contributed by atoms with Crippen molar-refractivity contribution in [2.45, 2.75) is 324 Å². The van der Waals surface area contributed by atoms with Crippen LogP contribution in [0.25, 0.3) is 0 Å². The van der Waals surface area contributed by atoms with Gasteiger partial charge in [-0.25, -0.2) is 0 Å². The summed E-state index contributed by atoms with van der Waals surface area (Å²) in [5, 5.41) is 7.05. The second kappa shape index (κ2) is 42.5. The lowest BCUT2D eigenvalue weighted by Gasteiger charge is -2.28. The maximum absolute atomic E-state index is 13.7. The molecule has 0 aromatic rings. The topological polar surface area (TPSA) is 87.7 Å². The van der Waals surface area contributed by atoms with Crippen LogP contribution in [0.3, 0.4) is 0 Å². The third-order valence-electron chi connectivity index (χ3n) is 14.2. The molecule has 0 aliphatic heterocycles. The van der Waals surface area contributed by atoms with Gasteiger partial charge in [-0.05, 0) is 78.3 Å². The van der Waals surface area contributed by atoms with Crippen molar-refractivity contribution in [2.75, 3.05) is 20.6 Å². The van der Waals surface area contributed by atoms with Crippen LogP contribution in [0.5, 0.6) is 0 Å². The third-order valence-corrected chi connectivity index (χ3v) is 14.2. The minimum atomic E-state index is -0.397. The minimum absolute atomic E-state index is 0.0771. The lowest BCUT2D eigenvalue weighted by molar-refractivity contribution is -0.150. The van der Waals surface area contributed by atoms with Crippen LogP contribution in [0.4, 0.5) is 0 Å². The highest BCUT2D eigenvalue weighted by atomic mass is 16.5. The Balaban J connectivity index is 5.11. The van der Waals surface area contributed by atoms with Crippen LogP contribution in [-0.4, -0.2) is 61.5 Å². The van der Waals surface area contributed by atoms with Gasteiger partial charge in [-0.3, -0.25) is 14.4 Å². The third kappa shape index (κ3) is 38.0. The standard InChI is InChI=1S/C58H115N3O4/c1-11-15-19-23-27-33-41-51(42-34-28-24-20-16-12-2)59-55(63)57(5,6)48-39-31-37-45-53(65-54(62)47-50-61(9)10)46-38-32-40-49-58(7,8)56(64)60-52(43-35-29-25-21-17-13-3)44-36-30-26-22-18-14-4/h51-53H,11-50H2,1-10H3,(H,59,63)(H,60,64). The molecule has 2 amide bonds. The molecule has 386 valence electrons. The quantitative estimate of drug-likeness (QED) is 0.0469.